The monoisotopic (exact) mass is 603 g/mol. The number of rotatable bonds is 5. The van der Waals surface area contributed by atoms with Crippen LogP contribution in [0.1, 0.15) is 5.56 Å². The van der Waals surface area contributed by atoms with Crippen LogP contribution in [0.5, 0.6) is 0 Å². The van der Waals surface area contributed by atoms with E-state index in [4.69, 9.17) is 5.26 Å². The highest BCUT2D eigenvalue weighted by Gasteiger charge is 2.15. The van der Waals surface area contributed by atoms with Gasteiger partial charge in [-0.25, -0.2) is 23.0 Å². The lowest BCUT2D eigenvalue weighted by molar-refractivity contribution is 0.607. The molecular weight excluding hydrogens is 591 g/mol. The van der Waals surface area contributed by atoms with Gasteiger partial charge >= 0.3 is 0 Å². The molecule has 1 atom stereocenters. The molecular formula is C19H13BrF2IN5OS. The summed E-state index contributed by atoms with van der Waals surface area (Å²) in [6, 6.07) is 9.57. The lowest BCUT2D eigenvalue weighted by atomic mass is 10.1. The summed E-state index contributed by atoms with van der Waals surface area (Å²) in [6.07, 6.45) is 3.93. The molecule has 0 amide bonds. The summed E-state index contributed by atoms with van der Waals surface area (Å²) in [4.78, 5) is 8.03. The first kappa shape index (κ1) is 22.5. The largest absolute Gasteiger partial charge is 0.324 e. The van der Waals surface area contributed by atoms with Crippen LogP contribution in [-0.2, 0) is 15.5 Å². The fraction of sp³-hybridized carbons (Fsp3) is 0.105. The van der Waals surface area contributed by atoms with E-state index in [2.05, 4.69) is 35.6 Å². The molecule has 0 saturated heterocycles. The summed E-state index contributed by atoms with van der Waals surface area (Å²) in [7, 11) is -2.71. The zero-order chi connectivity index (χ0) is 21.9. The van der Waals surface area contributed by atoms with E-state index in [1.165, 1.54) is 18.4 Å². The Kier molecular flexibility index (Phi) is 6.99. The molecule has 11 heteroatoms. The molecule has 0 spiro atoms. The number of hydrogen-bond donors (Lipinski definition) is 1. The van der Waals surface area contributed by atoms with Crippen LogP contribution in [0.3, 0.4) is 0 Å². The van der Waals surface area contributed by atoms with Gasteiger partial charge in [-0.1, -0.05) is 15.9 Å². The lowest BCUT2D eigenvalue weighted by Crippen LogP contribution is -2.04. The molecule has 6 nitrogen and oxygen atoms in total. The minimum Gasteiger partial charge on any atom is -0.324 e. The molecule has 1 N–H and O–H groups in total. The number of nitriles is 1. The third-order valence-electron chi connectivity index (χ3n) is 3.81. The number of aromatic nitrogens is 2. The first-order valence-corrected chi connectivity index (χ1v) is 12.3. The maximum absolute atomic E-state index is 14.3. The van der Waals surface area contributed by atoms with E-state index in [1.807, 2.05) is 22.6 Å². The Balaban J connectivity index is 1.95. The quantitative estimate of drug-likeness (QED) is 0.302. The van der Waals surface area contributed by atoms with Gasteiger partial charge in [0.15, 0.2) is 5.82 Å². The van der Waals surface area contributed by atoms with Gasteiger partial charge in [-0.2, -0.15) is 5.26 Å². The number of halogens is 4. The minimum absolute atomic E-state index is 0.0251. The van der Waals surface area contributed by atoms with Gasteiger partial charge in [-0.15, -0.1) is 4.36 Å². The van der Waals surface area contributed by atoms with Crippen molar-refractivity contribution in [1.29, 1.82) is 5.26 Å². The number of nitrogens with one attached hydrogen (secondary N) is 1. The zero-order valence-corrected chi connectivity index (χ0v) is 19.9. The topological polar surface area (TPSA) is 91.0 Å². The molecule has 2 aromatic carbocycles. The molecule has 30 heavy (non-hydrogen) atoms. The van der Waals surface area contributed by atoms with E-state index in [9.17, 15) is 13.0 Å². The van der Waals surface area contributed by atoms with Gasteiger partial charge in [-0.05, 0) is 64.6 Å². The average molecular weight is 604 g/mol. The van der Waals surface area contributed by atoms with Crippen molar-refractivity contribution in [2.75, 3.05) is 11.6 Å². The summed E-state index contributed by atoms with van der Waals surface area (Å²) < 4.78 is 45.7. The third-order valence-corrected chi connectivity index (χ3v) is 6.28. The maximum atomic E-state index is 14.3. The molecule has 3 rings (SSSR count). The highest BCUT2D eigenvalue weighted by atomic mass is 127. The molecule has 3 aromatic rings. The summed E-state index contributed by atoms with van der Waals surface area (Å²) in [6.45, 7) is 0. The van der Waals surface area contributed by atoms with Gasteiger partial charge in [0, 0.05) is 25.5 Å². The Hall–Kier alpha value is -2.17. The van der Waals surface area contributed by atoms with E-state index in [-0.39, 0.29) is 23.0 Å². The molecule has 1 aromatic heterocycles. The van der Waals surface area contributed by atoms with E-state index in [0.717, 1.165) is 6.20 Å². The van der Waals surface area contributed by atoms with Crippen LogP contribution >= 0.6 is 38.5 Å². The third kappa shape index (κ3) is 5.71. The lowest BCUT2D eigenvalue weighted by Gasteiger charge is -2.11. The predicted octanol–water partition coefficient (Wildman–Crippen LogP) is 5.61. The average Bonchev–Trinajstić information content (AvgIpc) is 2.62. The van der Waals surface area contributed by atoms with E-state index in [1.54, 1.807) is 30.5 Å². The molecule has 0 aliphatic carbocycles. The molecule has 0 bridgehead atoms. The van der Waals surface area contributed by atoms with Gasteiger partial charge in [0.25, 0.3) is 0 Å². The molecule has 0 saturated carbocycles. The molecule has 0 aliphatic heterocycles. The van der Waals surface area contributed by atoms with Crippen molar-refractivity contribution in [3.63, 3.8) is 0 Å². The second kappa shape index (κ2) is 9.32. The van der Waals surface area contributed by atoms with Crippen LogP contribution in [0.4, 0.5) is 20.4 Å². The van der Waals surface area contributed by atoms with Gasteiger partial charge in [-0.3, -0.25) is 0 Å². The van der Waals surface area contributed by atoms with E-state index < -0.39 is 21.4 Å². The summed E-state index contributed by atoms with van der Waals surface area (Å²) in [5, 5.41) is 11.6. The molecule has 0 aliphatic rings. The molecule has 1 heterocycles. The first-order chi connectivity index (χ1) is 14.2. The Labute approximate surface area is 194 Å². The number of hydrogen-bond acceptors (Lipinski definition) is 6. The molecule has 0 fully saturated rings. The second-order valence-electron chi connectivity index (χ2n) is 6.28. The van der Waals surface area contributed by atoms with Crippen LogP contribution in [0.15, 0.2) is 51.4 Å². The number of nitrogens with zero attached hydrogens (tertiary/aromatic N) is 4. The predicted molar refractivity (Wildman–Crippen MR) is 123 cm³/mol. The van der Waals surface area contributed by atoms with E-state index in [0.29, 0.717) is 19.3 Å². The van der Waals surface area contributed by atoms with Crippen molar-refractivity contribution in [2.24, 2.45) is 4.36 Å². The number of anilines is 2. The second-order valence-corrected chi connectivity index (χ2v) is 10.8. The van der Waals surface area contributed by atoms with Crippen molar-refractivity contribution >= 4 is 59.9 Å². The van der Waals surface area contributed by atoms with Crippen LogP contribution in [0, 0.1) is 26.7 Å². The SMILES string of the molecule is CS(=O)(Cc1cc(Br)cc(Nc2ncc(F)c(-c3ccc(I)cc3F)n2)c1)=NC#N. The van der Waals surface area contributed by atoms with Crippen LogP contribution in [0.2, 0.25) is 0 Å². The van der Waals surface area contributed by atoms with Gasteiger partial charge in [0.05, 0.1) is 21.7 Å². The normalized spacial score (nSPS) is 12.7. The summed E-state index contributed by atoms with van der Waals surface area (Å²) >= 11 is 5.34. The summed E-state index contributed by atoms with van der Waals surface area (Å²) in [5.74, 6) is -1.21. The Morgan fingerprint density at radius 1 is 1.27 bits per heavy atom. The molecule has 1 unspecified atom stereocenters. The smallest absolute Gasteiger partial charge is 0.227 e. The van der Waals surface area contributed by atoms with Crippen molar-refractivity contribution < 1.29 is 13.0 Å². The summed E-state index contributed by atoms with van der Waals surface area (Å²) in [5.41, 5.74) is 1.05. The fourth-order valence-electron chi connectivity index (χ4n) is 2.66. The van der Waals surface area contributed by atoms with Crippen LogP contribution in [0.25, 0.3) is 11.3 Å². The maximum Gasteiger partial charge on any atom is 0.227 e. The fourth-order valence-corrected chi connectivity index (χ4v) is 4.68. The Morgan fingerprint density at radius 3 is 2.73 bits per heavy atom. The van der Waals surface area contributed by atoms with Crippen LogP contribution < -0.4 is 5.32 Å². The minimum atomic E-state index is -2.71. The number of benzene rings is 2. The van der Waals surface area contributed by atoms with Crippen molar-refractivity contribution in [2.45, 2.75) is 5.75 Å². The van der Waals surface area contributed by atoms with Crippen molar-refractivity contribution in [1.82, 2.24) is 9.97 Å². The van der Waals surface area contributed by atoms with Gasteiger partial charge in [0.2, 0.25) is 12.1 Å². The van der Waals surface area contributed by atoms with Crippen molar-refractivity contribution in [3.05, 3.63) is 67.8 Å². The standard InChI is InChI=1S/C19H13BrF2IN5OS/c1-30(29,26-10-24)9-11-4-12(20)6-14(5-11)27-19-25-8-17(22)18(28-19)15-3-2-13(23)7-16(15)21/h2-8H,9H2,1H3,(H,25,27,28). The zero-order valence-electron chi connectivity index (χ0n) is 15.4. The van der Waals surface area contributed by atoms with Gasteiger partial charge < -0.3 is 5.32 Å². The molecule has 0 radical (unpaired) electrons. The van der Waals surface area contributed by atoms with Crippen LogP contribution in [-0.4, -0.2) is 20.4 Å². The Bertz CT molecular complexity index is 1290. The van der Waals surface area contributed by atoms with Crippen molar-refractivity contribution in [3.8, 4) is 17.5 Å². The van der Waals surface area contributed by atoms with E-state index >= 15 is 0 Å². The highest BCUT2D eigenvalue weighted by molar-refractivity contribution is 14.1. The highest BCUT2D eigenvalue weighted by Crippen LogP contribution is 2.27. The first-order valence-electron chi connectivity index (χ1n) is 8.29. The molecule has 154 valence electrons. The Morgan fingerprint density at radius 2 is 2.03 bits per heavy atom. The van der Waals surface area contributed by atoms with Gasteiger partial charge in [0.1, 0.15) is 11.5 Å².